The predicted octanol–water partition coefficient (Wildman–Crippen LogP) is 1.38. The minimum atomic E-state index is -2.85. The van der Waals surface area contributed by atoms with E-state index in [9.17, 15) is 8.42 Å². The number of rotatable bonds is 2. The summed E-state index contributed by atoms with van der Waals surface area (Å²) < 4.78 is 29.4. The SMILES string of the molecule is CCC1OC(CC)C2C1CCS2(=O)=O. The fourth-order valence-corrected chi connectivity index (χ4v) is 5.34. The van der Waals surface area contributed by atoms with Crippen LogP contribution in [0.2, 0.25) is 0 Å². The van der Waals surface area contributed by atoms with E-state index in [-0.39, 0.29) is 23.4 Å². The molecule has 0 spiro atoms. The van der Waals surface area contributed by atoms with Crippen molar-refractivity contribution in [1.82, 2.24) is 0 Å². The molecule has 0 aromatic carbocycles. The first kappa shape index (κ1) is 10.4. The Labute approximate surface area is 85.8 Å². The standard InChI is InChI=1S/C10H18O3S/c1-3-8-7-5-6-14(11,12)10(7)9(4-2)13-8/h7-10H,3-6H2,1-2H3. The number of ether oxygens (including phenoxy) is 1. The highest BCUT2D eigenvalue weighted by Crippen LogP contribution is 2.42. The van der Waals surface area contributed by atoms with Gasteiger partial charge in [0.2, 0.25) is 0 Å². The smallest absolute Gasteiger partial charge is 0.156 e. The Hall–Kier alpha value is -0.0900. The maximum Gasteiger partial charge on any atom is 0.156 e. The van der Waals surface area contributed by atoms with Crippen LogP contribution in [-0.4, -0.2) is 31.6 Å². The van der Waals surface area contributed by atoms with Gasteiger partial charge in [0.15, 0.2) is 9.84 Å². The maximum absolute atomic E-state index is 11.8. The van der Waals surface area contributed by atoms with Crippen LogP contribution in [0.25, 0.3) is 0 Å². The van der Waals surface area contributed by atoms with Gasteiger partial charge in [-0.2, -0.15) is 0 Å². The predicted molar refractivity (Wildman–Crippen MR) is 54.9 cm³/mol. The Balaban J connectivity index is 2.28. The van der Waals surface area contributed by atoms with Gasteiger partial charge in [0.25, 0.3) is 0 Å². The minimum Gasteiger partial charge on any atom is -0.373 e. The van der Waals surface area contributed by atoms with Gasteiger partial charge in [0.05, 0.1) is 23.2 Å². The Morgan fingerprint density at radius 3 is 2.43 bits per heavy atom. The van der Waals surface area contributed by atoms with Gasteiger partial charge in [-0.15, -0.1) is 0 Å². The molecule has 4 unspecified atom stereocenters. The molecule has 2 heterocycles. The van der Waals surface area contributed by atoms with E-state index in [4.69, 9.17) is 4.74 Å². The summed E-state index contributed by atoms with van der Waals surface area (Å²) in [4.78, 5) is 0. The lowest BCUT2D eigenvalue weighted by atomic mass is 9.94. The Morgan fingerprint density at radius 1 is 1.21 bits per heavy atom. The van der Waals surface area contributed by atoms with Crippen molar-refractivity contribution in [1.29, 1.82) is 0 Å². The summed E-state index contributed by atoms with van der Waals surface area (Å²) in [5, 5.41) is -0.197. The van der Waals surface area contributed by atoms with E-state index in [1.165, 1.54) is 0 Å². The van der Waals surface area contributed by atoms with Gasteiger partial charge in [-0.25, -0.2) is 8.42 Å². The van der Waals surface area contributed by atoms with Crippen LogP contribution in [0.5, 0.6) is 0 Å². The minimum absolute atomic E-state index is 0.0440. The van der Waals surface area contributed by atoms with Gasteiger partial charge in [-0.05, 0) is 19.3 Å². The van der Waals surface area contributed by atoms with Crippen molar-refractivity contribution >= 4 is 9.84 Å². The molecule has 3 nitrogen and oxygen atoms in total. The molecule has 14 heavy (non-hydrogen) atoms. The third-order valence-electron chi connectivity index (χ3n) is 3.57. The van der Waals surface area contributed by atoms with Gasteiger partial charge in [-0.1, -0.05) is 13.8 Å². The van der Waals surface area contributed by atoms with Crippen molar-refractivity contribution in [2.45, 2.75) is 50.6 Å². The first-order valence-electron chi connectivity index (χ1n) is 5.47. The lowest BCUT2D eigenvalue weighted by Crippen LogP contribution is -2.29. The van der Waals surface area contributed by atoms with Gasteiger partial charge < -0.3 is 4.74 Å². The van der Waals surface area contributed by atoms with Gasteiger partial charge in [0, 0.05) is 5.92 Å². The molecule has 2 aliphatic rings. The number of sulfone groups is 1. The molecule has 0 saturated carbocycles. The van der Waals surface area contributed by atoms with Crippen LogP contribution in [0.4, 0.5) is 0 Å². The van der Waals surface area contributed by atoms with E-state index in [2.05, 4.69) is 6.92 Å². The maximum atomic E-state index is 11.8. The highest BCUT2D eigenvalue weighted by Gasteiger charge is 2.53. The van der Waals surface area contributed by atoms with Gasteiger partial charge in [-0.3, -0.25) is 0 Å². The summed E-state index contributed by atoms with van der Waals surface area (Å²) in [6.45, 7) is 4.08. The van der Waals surface area contributed by atoms with Crippen molar-refractivity contribution in [2.75, 3.05) is 5.75 Å². The molecule has 0 amide bonds. The lowest BCUT2D eigenvalue weighted by molar-refractivity contribution is 0.0300. The first-order chi connectivity index (χ1) is 6.60. The largest absolute Gasteiger partial charge is 0.373 e. The summed E-state index contributed by atoms with van der Waals surface area (Å²) in [7, 11) is -2.85. The molecule has 2 fully saturated rings. The second-order valence-electron chi connectivity index (χ2n) is 4.31. The van der Waals surface area contributed by atoms with Crippen molar-refractivity contribution in [2.24, 2.45) is 5.92 Å². The topological polar surface area (TPSA) is 43.4 Å². The molecule has 0 aromatic rings. The zero-order valence-electron chi connectivity index (χ0n) is 8.77. The van der Waals surface area contributed by atoms with E-state index >= 15 is 0 Å². The molecular formula is C10H18O3S. The molecule has 0 aliphatic carbocycles. The fraction of sp³-hybridized carbons (Fsp3) is 1.00. The van der Waals surface area contributed by atoms with Gasteiger partial charge >= 0.3 is 0 Å². The Kier molecular flexibility index (Phi) is 2.60. The average molecular weight is 218 g/mol. The van der Waals surface area contributed by atoms with Crippen LogP contribution in [0.1, 0.15) is 33.1 Å². The zero-order chi connectivity index (χ0) is 10.3. The molecule has 2 rings (SSSR count). The van der Waals surface area contributed by atoms with Crippen LogP contribution in [0.3, 0.4) is 0 Å². The lowest BCUT2D eigenvalue weighted by Gasteiger charge is -2.14. The second kappa shape index (κ2) is 3.49. The van der Waals surface area contributed by atoms with Crippen LogP contribution < -0.4 is 0 Å². The second-order valence-corrected chi connectivity index (χ2v) is 6.59. The van der Waals surface area contributed by atoms with Crippen LogP contribution in [0, 0.1) is 5.92 Å². The summed E-state index contributed by atoms with van der Waals surface area (Å²) in [5.74, 6) is 0.647. The zero-order valence-corrected chi connectivity index (χ0v) is 9.59. The molecular weight excluding hydrogens is 200 g/mol. The van der Waals surface area contributed by atoms with Crippen molar-refractivity contribution in [3.63, 3.8) is 0 Å². The van der Waals surface area contributed by atoms with E-state index in [1.807, 2.05) is 6.92 Å². The average Bonchev–Trinajstić information content (AvgIpc) is 2.65. The molecule has 2 saturated heterocycles. The summed E-state index contributed by atoms with van der Waals surface area (Å²) in [5.41, 5.74) is 0. The Bertz CT molecular complexity index is 309. The molecule has 0 radical (unpaired) electrons. The van der Waals surface area contributed by atoms with Crippen LogP contribution >= 0.6 is 0 Å². The monoisotopic (exact) mass is 218 g/mol. The highest BCUT2D eigenvalue weighted by atomic mass is 32.2. The fourth-order valence-electron chi connectivity index (χ4n) is 2.90. The molecule has 0 N–H and O–H groups in total. The molecule has 2 aliphatic heterocycles. The number of fused-ring (bicyclic) bond motifs is 1. The van der Waals surface area contributed by atoms with Crippen molar-refractivity contribution in [3.8, 4) is 0 Å². The van der Waals surface area contributed by atoms with Crippen LogP contribution in [0.15, 0.2) is 0 Å². The highest BCUT2D eigenvalue weighted by molar-refractivity contribution is 7.92. The number of hydrogen-bond donors (Lipinski definition) is 0. The summed E-state index contributed by atoms with van der Waals surface area (Å²) in [6.07, 6.45) is 2.70. The normalized spacial score (nSPS) is 45.3. The van der Waals surface area contributed by atoms with Gasteiger partial charge in [0.1, 0.15) is 0 Å². The summed E-state index contributed by atoms with van der Waals surface area (Å²) in [6, 6.07) is 0. The number of hydrogen-bond acceptors (Lipinski definition) is 3. The first-order valence-corrected chi connectivity index (χ1v) is 7.18. The molecule has 4 atom stereocenters. The molecule has 4 heteroatoms. The van der Waals surface area contributed by atoms with E-state index in [0.29, 0.717) is 5.75 Å². The molecule has 0 aromatic heterocycles. The van der Waals surface area contributed by atoms with Crippen molar-refractivity contribution in [3.05, 3.63) is 0 Å². The molecule has 82 valence electrons. The third kappa shape index (κ3) is 1.39. The third-order valence-corrected chi connectivity index (χ3v) is 5.86. The molecule has 0 bridgehead atoms. The van der Waals surface area contributed by atoms with Crippen molar-refractivity contribution < 1.29 is 13.2 Å². The van der Waals surface area contributed by atoms with Crippen LogP contribution in [-0.2, 0) is 14.6 Å². The van der Waals surface area contributed by atoms with E-state index < -0.39 is 9.84 Å². The van der Waals surface area contributed by atoms with E-state index in [0.717, 1.165) is 19.3 Å². The van der Waals surface area contributed by atoms with E-state index in [1.54, 1.807) is 0 Å². The summed E-state index contributed by atoms with van der Waals surface area (Å²) >= 11 is 0. The Morgan fingerprint density at radius 2 is 1.86 bits per heavy atom. The quantitative estimate of drug-likeness (QED) is 0.703.